The Balaban J connectivity index is 1.57. The quantitative estimate of drug-likeness (QED) is 0.662. The molecule has 0 fully saturated rings. The van der Waals surface area contributed by atoms with E-state index in [1.54, 1.807) is 35.6 Å². The normalized spacial score (nSPS) is 10.6. The fourth-order valence-corrected chi connectivity index (χ4v) is 3.12. The third kappa shape index (κ3) is 4.33. The predicted octanol–water partition coefficient (Wildman–Crippen LogP) is 2.11. The molecular weight excluding hydrogens is 340 g/mol. The number of aromatic nitrogens is 1. The van der Waals surface area contributed by atoms with Crippen molar-refractivity contribution in [2.24, 2.45) is 0 Å². The molecule has 0 bridgehead atoms. The van der Waals surface area contributed by atoms with Gasteiger partial charge in [-0.1, -0.05) is 24.3 Å². The molecule has 0 radical (unpaired) electrons. The van der Waals surface area contributed by atoms with E-state index in [-0.39, 0.29) is 18.1 Å². The van der Waals surface area contributed by atoms with Crippen molar-refractivity contribution in [1.82, 2.24) is 10.3 Å². The number of H-pyrrole nitrogens is 1. The molecule has 0 aliphatic carbocycles. The highest BCUT2D eigenvalue weighted by molar-refractivity contribution is 7.09. The number of carbonyl (C=O) groups is 2. The van der Waals surface area contributed by atoms with Crippen LogP contribution in [-0.2, 0) is 16.0 Å². The van der Waals surface area contributed by atoms with Crippen LogP contribution in [0.5, 0.6) is 0 Å². The van der Waals surface area contributed by atoms with E-state index < -0.39 is 11.5 Å². The number of esters is 1. The third-order valence-electron chi connectivity index (χ3n) is 3.58. The first kappa shape index (κ1) is 16.9. The number of rotatable bonds is 6. The predicted molar refractivity (Wildman–Crippen MR) is 95.9 cm³/mol. The van der Waals surface area contributed by atoms with Crippen LogP contribution in [0.4, 0.5) is 0 Å². The fraction of sp³-hybridized carbons (Fsp3) is 0.167. The first-order valence-corrected chi connectivity index (χ1v) is 8.60. The Labute approximate surface area is 147 Å². The van der Waals surface area contributed by atoms with Gasteiger partial charge in [-0.15, -0.1) is 11.3 Å². The molecule has 2 N–H and O–H groups in total. The van der Waals surface area contributed by atoms with Crippen molar-refractivity contribution < 1.29 is 14.3 Å². The zero-order valence-electron chi connectivity index (χ0n) is 13.3. The standard InChI is InChI=1S/C18H16N2O4S/c21-16-10-14(13-5-1-2-6-15(13)20-16)18(23)24-11-17(22)19-8-7-12-4-3-9-25-12/h1-6,9-10H,7-8,11H2,(H,19,22)(H,20,21). The fourth-order valence-electron chi connectivity index (χ4n) is 2.41. The van der Waals surface area contributed by atoms with Crippen LogP contribution in [0.1, 0.15) is 15.2 Å². The molecule has 128 valence electrons. The van der Waals surface area contributed by atoms with Crippen LogP contribution in [0, 0.1) is 0 Å². The minimum atomic E-state index is -0.698. The van der Waals surface area contributed by atoms with Crippen LogP contribution in [0.15, 0.2) is 52.6 Å². The number of aromatic amines is 1. The molecule has 3 aromatic rings. The number of benzene rings is 1. The highest BCUT2D eigenvalue weighted by Gasteiger charge is 2.14. The Kier molecular flexibility index (Phi) is 5.25. The Morgan fingerprint density at radius 3 is 2.80 bits per heavy atom. The lowest BCUT2D eigenvalue weighted by atomic mass is 10.1. The van der Waals surface area contributed by atoms with Crippen molar-refractivity contribution in [3.8, 4) is 0 Å². The molecule has 7 heteroatoms. The lowest BCUT2D eigenvalue weighted by molar-refractivity contribution is -0.124. The highest BCUT2D eigenvalue weighted by atomic mass is 32.1. The topological polar surface area (TPSA) is 88.3 Å². The lowest BCUT2D eigenvalue weighted by Crippen LogP contribution is -2.30. The van der Waals surface area contributed by atoms with Crippen molar-refractivity contribution in [1.29, 1.82) is 0 Å². The molecule has 0 aliphatic heterocycles. The maximum absolute atomic E-state index is 12.2. The average Bonchev–Trinajstić information content (AvgIpc) is 3.12. The number of fused-ring (bicyclic) bond motifs is 1. The number of pyridine rings is 1. The van der Waals surface area contributed by atoms with E-state index in [9.17, 15) is 14.4 Å². The summed E-state index contributed by atoms with van der Waals surface area (Å²) in [5.74, 6) is -1.07. The van der Waals surface area contributed by atoms with Gasteiger partial charge < -0.3 is 15.0 Å². The zero-order chi connectivity index (χ0) is 17.6. The van der Waals surface area contributed by atoms with Gasteiger partial charge in [-0.2, -0.15) is 0 Å². The maximum atomic E-state index is 12.2. The van der Waals surface area contributed by atoms with Gasteiger partial charge in [0.05, 0.1) is 5.56 Å². The van der Waals surface area contributed by atoms with Crippen LogP contribution < -0.4 is 10.9 Å². The molecule has 2 heterocycles. The lowest BCUT2D eigenvalue weighted by Gasteiger charge is -2.08. The van der Waals surface area contributed by atoms with Crippen molar-refractivity contribution in [2.75, 3.05) is 13.2 Å². The maximum Gasteiger partial charge on any atom is 0.339 e. The molecule has 0 atom stereocenters. The van der Waals surface area contributed by atoms with E-state index in [2.05, 4.69) is 10.3 Å². The van der Waals surface area contributed by atoms with Gasteiger partial charge in [0.15, 0.2) is 6.61 Å². The second kappa shape index (κ2) is 7.76. The van der Waals surface area contributed by atoms with Crippen molar-refractivity contribution >= 4 is 34.1 Å². The van der Waals surface area contributed by atoms with Crippen molar-refractivity contribution in [3.05, 3.63) is 68.6 Å². The zero-order valence-corrected chi connectivity index (χ0v) is 14.1. The molecule has 0 aliphatic rings. The summed E-state index contributed by atoms with van der Waals surface area (Å²) >= 11 is 1.62. The summed E-state index contributed by atoms with van der Waals surface area (Å²) in [5, 5.41) is 5.25. The van der Waals surface area contributed by atoms with Gasteiger partial charge in [0.25, 0.3) is 5.91 Å². The number of para-hydroxylation sites is 1. The Hall–Kier alpha value is -2.93. The Morgan fingerprint density at radius 2 is 2.00 bits per heavy atom. The molecule has 2 aromatic heterocycles. The SMILES string of the molecule is O=C(COC(=O)c1cc(=O)[nH]c2ccccc12)NCCc1cccs1. The minimum Gasteiger partial charge on any atom is -0.452 e. The van der Waals surface area contributed by atoms with E-state index in [0.29, 0.717) is 17.4 Å². The summed E-state index contributed by atoms with van der Waals surface area (Å²) in [4.78, 5) is 39.5. The van der Waals surface area contributed by atoms with Crippen LogP contribution in [0.3, 0.4) is 0 Å². The number of carbonyl (C=O) groups excluding carboxylic acids is 2. The number of nitrogens with one attached hydrogen (secondary N) is 2. The molecule has 1 amide bonds. The highest BCUT2D eigenvalue weighted by Crippen LogP contribution is 2.15. The number of amides is 1. The largest absolute Gasteiger partial charge is 0.452 e. The first-order valence-electron chi connectivity index (χ1n) is 7.72. The monoisotopic (exact) mass is 356 g/mol. The summed E-state index contributed by atoms with van der Waals surface area (Å²) in [5.41, 5.74) is 0.291. The van der Waals surface area contributed by atoms with E-state index in [0.717, 1.165) is 6.42 Å². The molecule has 1 aromatic carbocycles. The third-order valence-corrected chi connectivity index (χ3v) is 4.51. The van der Waals surface area contributed by atoms with E-state index in [4.69, 9.17) is 4.74 Å². The number of ether oxygens (including phenoxy) is 1. The van der Waals surface area contributed by atoms with Gasteiger partial charge in [0.2, 0.25) is 5.56 Å². The Morgan fingerprint density at radius 1 is 1.16 bits per heavy atom. The second-order valence-corrected chi connectivity index (χ2v) is 6.38. The van der Waals surface area contributed by atoms with Crippen LogP contribution >= 0.6 is 11.3 Å². The van der Waals surface area contributed by atoms with Gasteiger partial charge in [-0.25, -0.2) is 4.79 Å². The van der Waals surface area contributed by atoms with Crippen molar-refractivity contribution in [2.45, 2.75) is 6.42 Å². The molecule has 0 saturated heterocycles. The molecule has 0 unspecified atom stereocenters. The molecule has 0 spiro atoms. The van der Waals surface area contributed by atoms with Crippen LogP contribution in [-0.4, -0.2) is 30.0 Å². The average molecular weight is 356 g/mol. The van der Waals surface area contributed by atoms with Gasteiger partial charge >= 0.3 is 5.97 Å². The summed E-state index contributed by atoms with van der Waals surface area (Å²) in [6.45, 7) is 0.0925. The molecular formula is C18H16N2O4S. The second-order valence-electron chi connectivity index (χ2n) is 5.35. The number of thiophene rings is 1. The minimum absolute atomic E-state index is 0.144. The van der Waals surface area contributed by atoms with E-state index >= 15 is 0 Å². The summed E-state index contributed by atoms with van der Waals surface area (Å²) in [7, 11) is 0. The molecule has 6 nitrogen and oxygen atoms in total. The van der Waals surface area contributed by atoms with E-state index in [1.165, 1.54) is 10.9 Å². The van der Waals surface area contributed by atoms with Gasteiger partial charge in [-0.3, -0.25) is 9.59 Å². The van der Waals surface area contributed by atoms with E-state index in [1.807, 2.05) is 17.5 Å². The summed E-state index contributed by atoms with van der Waals surface area (Å²) in [6.07, 6.45) is 0.732. The van der Waals surface area contributed by atoms with Crippen LogP contribution in [0.25, 0.3) is 10.9 Å². The number of hydrogen-bond donors (Lipinski definition) is 2. The molecule has 3 rings (SSSR count). The van der Waals surface area contributed by atoms with Gasteiger partial charge in [0, 0.05) is 28.4 Å². The molecule has 25 heavy (non-hydrogen) atoms. The van der Waals surface area contributed by atoms with Crippen molar-refractivity contribution in [3.63, 3.8) is 0 Å². The smallest absolute Gasteiger partial charge is 0.339 e. The summed E-state index contributed by atoms with van der Waals surface area (Å²) < 4.78 is 5.04. The van der Waals surface area contributed by atoms with Crippen LogP contribution in [0.2, 0.25) is 0 Å². The number of hydrogen-bond acceptors (Lipinski definition) is 5. The molecule has 0 saturated carbocycles. The first-order chi connectivity index (χ1) is 12.1. The Bertz CT molecular complexity index is 947. The van der Waals surface area contributed by atoms with Gasteiger partial charge in [-0.05, 0) is 23.9 Å². The summed E-state index contributed by atoms with van der Waals surface area (Å²) in [6, 6.07) is 12.1. The van der Waals surface area contributed by atoms with Gasteiger partial charge in [0.1, 0.15) is 0 Å².